The summed E-state index contributed by atoms with van der Waals surface area (Å²) in [5.41, 5.74) is 2.84. The van der Waals surface area contributed by atoms with E-state index in [0.29, 0.717) is 11.3 Å². The van der Waals surface area contributed by atoms with Crippen LogP contribution in [0.25, 0.3) is 11.1 Å². The van der Waals surface area contributed by atoms with Crippen molar-refractivity contribution in [2.75, 3.05) is 18.4 Å². The van der Waals surface area contributed by atoms with Gasteiger partial charge in [-0.25, -0.2) is 4.39 Å². The van der Waals surface area contributed by atoms with E-state index in [1.54, 1.807) is 35.9 Å². The molecule has 0 atom stereocenters. The predicted octanol–water partition coefficient (Wildman–Crippen LogP) is 4.14. The van der Waals surface area contributed by atoms with E-state index in [1.165, 1.54) is 12.1 Å². The maximum atomic E-state index is 13.2. The SMILES string of the molecule is Cc1ccn(C2CCNCC2)c(=O)c1C(=O)Nc1cccc(-c2ccc(F)cc2)c1. The van der Waals surface area contributed by atoms with Gasteiger partial charge in [0.2, 0.25) is 0 Å². The summed E-state index contributed by atoms with van der Waals surface area (Å²) >= 11 is 0. The van der Waals surface area contributed by atoms with Crippen molar-refractivity contribution in [1.29, 1.82) is 0 Å². The molecule has 6 heteroatoms. The Morgan fingerprint density at radius 2 is 1.80 bits per heavy atom. The smallest absolute Gasteiger partial charge is 0.263 e. The van der Waals surface area contributed by atoms with Crippen LogP contribution in [0.1, 0.15) is 34.8 Å². The number of carbonyl (C=O) groups excluding carboxylic acids is 1. The lowest BCUT2D eigenvalue weighted by molar-refractivity contribution is 0.102. The molecule has 4 rings (SSSR count). The van der Waals surface area contributed by atoms with Gasteiger partial charge in [0, 0.05) is 17.9 Å². The van der Waals surface area contributed by atoms with Crippen LogP contribution in [0.5, 0.6) is 0 Å². The zero-order chi connectivity index (χ0) is 21.1. The molecule has 1 fully saturated rings. The lowest BCUT2D eigenvalue weighted by Gasteiger charge is -2.25. The number of amides is 1. The average Bonchev–Trinajstić information content (AvgIpc) is 2.75. The van der Waals surface area contributed by atoms with Crippen molar-refractivity contribution >= 4 is 11.6 Å². The van der Waals surface area contributed by atoms with E-state index in [2.05, 4.69) is 10.6 Å². The van der Waals surface area contributed by atoms with Crippen molar-refractivity contribution in [2.45, 2.75) is 25.8 Å². The molecule has 154 valence electrons. The van der Waals surface area contributed by atoms with Gasteiger partial charge < -0.3 is 15.2 Å². The van der Waals surface area contributed by atoms with Crippen LogP contribution < -0.4 is 16.2 Å². The highest BCUT2D eigenvalue weighted by molar-refractivity contribution is 6.05. The Labute approximate surface area is 174 Å². The number of rotatable bonds is 4. The molecule has 1 aliphatic rings. The molecule has 1 amide bonds. The molecule has 0 unspecified atom stereocenters. The Morgan fingerprint density at radius 3 is 2.53 bits per heavy atom. The van der Waals surface area contributed by atoms with Gasteiger partial charge in [-0.05, 0) is 79.9 Å². The van der Waals surface area contributed by atoms with Crippen molar-refractivity contribution in [3.63, 3.8) is 0 Å². The Bertz CT molecular complexity index is 1120. The molecule has 0 saturated carbocycles. The van der Waals surface area contributed by atoms with Crippen LogP contribution in [0.2, 0.25) is 0 Å². The molecule has 1 aromatic heterocycles. The Morgan fingerprint density at radius 1 is 1.07 bits per heavy atom. The zero-order valence-corrected chi connectivity index (χ0v) is 16.8. The van der Waals surface area contributed by atoms with Gasteiger partial charge >= 0.3 is 0 Å². The highest BCUT2D eigenvalue weighted by Gasteiger charge is 2.21. The molecular weight excluding hydrogens is 381 g/mol. The maximum absolute atomic E-state index is 13.2. The third-order valence-corrected chi connectivity index (χ3v) is 5.55. The number of piperidine rings is 1. The lowest BCUT2D eigenvalue weighted by Crippen LogP contribution is -2.37. The number of hydrogen-bond acceptors (Lipinski definition) is 3. The largest absolute Gasteiger partial charge is 0.322 e. The van der Waals surface area contributed by atoms with Crippen LogP contribution in [0, 0.1) is 12.7 Å². The van der Waals surface area contributed by atoms with E-state index >= 15 is 0 Å². The Kier molecular flexibility index (Phi) is 5.77. The predicted molar refractivity (Wildman–Crippen MR) is 116 cm³/mol. The first kappa shape index (κ1) is 20.0. The standard InChI is InChI=1S/C24H24FN3O2/c1-16-11-14-28(21-9-12-26-13-10-21)24(30)22(16)23(29)27-20-4-2-3-18(15-20)17-5-7-19(25)8-6-17/h2-8,11,14-15,21,26H,9-10,12-13H2,1H3,(H,27,29). The summed E-state index contributed by atoms with van der Waals surface area (Å²) in [5.74, 6) is -0.718. The second-order valence-electron chi connectivity index (χ2n) is 7.61. The van der Waals surface area contributed by atoms with E-state index in [9.17, 15) is 14.0 Å². The Balaban J connectivity index is 1.60. The van der Waals surface area contributed by atoms with Crippen molar-refractivity contribution < 1.29 is 9.18 Å². The number of aromatic nitrogens is 1. The van der Waals surface area contributed by atoms with Crippen molar-refractivity contribution in [2.24, 2.45) is 0 Å². The second kappa shape index (κ2) is 8.63. The van der Waals surface area contributed by atoms with Crippen LogP contribution in [0.3, 0.4) is 0 Å². The van der Waals surface area contributed by atoms with Crippen molar-refractivity contribution in [1.82, 2.24) is 9.88 Å². The third-order valence-electron chi connectivity index (χ3n) is 5.55. The molecule has 30 heavy (non-hydrogen) atoms. The van der Waals surface area contributed by atoms with Gasteiger partial charge in [0.15, 0.2) is 0 Å². The number of carbonyl (C=O) groups is 1. The number of nitrogens with one attached hydrogen (secondary N) is 2. The number of anilines is 1. The first-order valence-corrected chi connectivity index (χ1v) is 10.1. The quantitative estimate of drug-likeness (QED) is 0.686. The molecule has 2 aromatic carbocycles. The normalized spacial score (nSPS) is 14.5. The van der Waals surface area contributed by atoms with Crippen LogP contribution in [-0.4, -0.2) is 23.6 Å². The van der Waals surface area contributed by atoms with E-state index in [-0.39, 0.29) is 23.0 Å². The molecule has 0 spiro atoms. The van der Waals surface area contributed by atoms with Gasteiger partial charge in [-0.3, -0.25) is 9.59 Å². The summed E-state index contributed by atoms with van der Waals surface area (Å²) < 4.78 is 14.9. The number of hydrogen-bond donors (Lipinski definition) is 2. The molecule has 5 nitrogen and oxygen atoms in total. The van der Waals surface area contributed by atoms with E-state index in [4.69, 9.17) is 0 Å². The molecule has 0 radical (unpaired) electrons. The number of nitrogens with zero attached hydrogens (tertiary/aromatic N) is 1. The molecule has 1 aliphatic heterocycles. The topological polar surface area (TPSA) is 63.1 Å². The van der Waals surface area contributed by atoms with Crippen LogP contribution in [-0.2, 0) is 0 Å². The van der Waals surface area contributed by atoms with Crippen LogP contribution in [0.15, 0.2) is 65.6 Å². The molecule has 3 aromatic rings. The molecule has 2 N–H and O–H groups in total. The summed E-state index contributed by atoms with van der Waals surface area (Å²) in [6.45, 7) is 3.50. The number of aryl methyl sites for hydroxylation is 1. The minimum Gasteiger partial charge on any atom is -0.322 e. The second-order valence-corrected chi connectivity index (χ2v) is 7.61. The first-order valence-electron chi connectivity index (χ1n) is 10.1. The summed E-state index contributed by atoms with van der Waals surface area (Å²) in [5, 5.41) is 6.14. The summed E-state index contributed by atoms with van der Waals surface area (Å²) in [7, 11) is 0. The summed E-state index contributed by atoms with van der Waals surface area (Å²) in [4.78, 5) is 26.1. The first-order chi connectivity index (χ1) is 14.5. The maximum Gasteiger partial charge on any atom is 0.263 e. The van der Waals surface area contributed by atoms with Crippen LogP contribution in [0.4, 0.5) is 10.1 Å². The molecule has 0 bridgehead atoms. The van der Waals surface area contributed by atoms with Gasteiger partial charge in [0.25, 0.3) is 11.5 Å². The van der Waals surface area contributed by atoms with Crippen molar-refractivity contribution in [3.8, 4) is 11.1 Å². The van der Waals surface area contributed by atoms with E-state index in [1.807, 2.05) is 24.3 Å². The molecular formula is C24H24FN3O2. The minimum atomic E-state index is -0.419. The fourth-order valence-electron chi connectivity index (χ4n) is 3.90. The Hall–Kier alpha value is -3.25. The molecule has 2 heterocycles. The summed E-state index contributed by atoms with van der Waals surface area (Å²) in [6, 6.07) is 15.4. The van der Waals surface area contributed by atoms with E-state index < -0.39 is 5.91 Å². The van der Waals surface area contributed by atoms with E-state index in [0.717, 1.165) is 37.1 Å². The van der Waals surface area contributed by atoms with Gasteiger partial charge in [-0.1, -0.05) is 24.3 Å². The monoisotopic (exact) mass is 405 g/mol. The fourth-order valence-corrected chi connectivity index (χ4v) is 3.90. The van der Waals surface area contributed by atoms with Gasteiger partial charge in [-0.2, -0.15) is 0 Å². The zero-order valence-electron chi connectivity index (χ0n) is 16.8. The fraction of sp³-hybridized carbons (Fsp3) is 0.250. The number of benzene rings is 2. The van der Waals surface area contributed by atoms with Gasteiger partial charge in [0.05, 0.1) is 0 Å². The summed E-state index contributed by atoms with van der Waals surface area (Å²) in [6.07, 6.45) is 3.52. The van der Waals surface area contributed by atoms with Crippen LogP contribution >= 0.6 is 0 Å². The average molecular weight is 405 g/mol. The van der Waals surface area contributed by atoms with Crippen molar-refractivity contribution in [3.05, 3.63) is 88.1 Å². The highest BCUT2D eigenvalue weighted by Crippen LogP contribution is 2.23. The number of pyridine rings is 1. The number of halogens is 1. The van der Waals surface area contributed by atoms with Gasteiger partial charge in [0.1, 0.15) is 11.4 Å². The highest BCUT2D eigenvalue weighted by atomic mass is 19.1. The minimum absolute atomic E-state index is 0.104. The molecule has 1 saturated heterocycles. The van der Waals surface area contributed by atoms with Gasteiger partial charge in [-0.15, -0.1) is 0 Å². The lowest BCUT2D eigenvalue weighted by atomic mass is 10.0. The molecule has 0 aliphatic carbocycles. The third kappa shape index (κ3) is 4.19.